The fourth-order valence-corrected chi connectivity index (χ4v) is 13.2. The molecule has 0 saturated heterocycles. The summed E-state index contributed by atoms with van der Waals surface area (Å²) in [4.78, 5) is 49.3. The number of ether oxygens (including phenoxy) is 1. The Bertz CT molecular complexity index is 4740. The predicted molar refractivity (Wildman–Crippen MR) is 334 cm³/mol. The zero-order chi connectivity index (χ0) is 62.5. The molecule has 0 aliphatic carbocycles. The van der Waals surface area contributed by atoms with Gasteiger partial charge in [-0.3, -0.25) is 19.0 Å². The topological polar surface area (TPSA) is 238 Å². The Balaban J connectivity index is 0.000000186. The maximum Gasteiger partial charge on any atom is 0.410 e. The molecule has 0 spiro atoms. The van der Waals surface area contributed by atoms with Gasteiger partial charge in [0.05, 0.1) is 32.7 Å². The van der Waals surface area contributed by atoms with Crippen molar-refractivity contribution in [3.05, 3.63) is 237 Å². The molecule has 2 aliphatic rings. The van der Waals surface area contributed by atoms with Crippen LogP contribution in [0.15, 0.2) is 169 Å². The maximum atomic E-state index is 13.6. The largest absolute Gasteiger partial charge is 0.444 e. The van der Waals surface area contributed by atoms with Gasteiger partial charge in [0.25, 0.3) is 11.8 Å². The minimum absolute atomic E-state index is 0.0212. The number of sulfone groups is 2. The van der Waals surface area contributed by atoms with Gasteiger partial charge in [-0.15, -0.1) is 0 Å². The van der Waals surface area contributed by atoms with Crippen LogP contribution < -0.4 is 16.0 Å². The molecular weight excluding hydrogens is 1160 g/mol. The summed E-state index contributed by atoms with van der Waals surface area (Å²) >= 11 is 0. The molecule has 0 atom stereocenters. The van der Waals surface area contributed by atoms with Crippen molar-refractivity contribution < 1.29 is 36.0 Å². The van der Waals surface area contributed by atoms with E-state index in [2.05, 4.69) is 71.9 Å². The fourth-order valence-electron chi connectivity index (χ4n) is 10.3. The number of benzene rings is 4. The molecule has 12 rings (SSSR count). The van der Waals surface area contributed by atoms with Crippen LogP contribution in [0.2, 0.25) is 0 Å². The van der Waals surface area contributed by atoms with E-state index in [1.54, 1.807) is 71.3 Å². The van der Waals surface area contributed by atoms with E-state index in [1.165, 1.54) is 41.5 Å². The van der Waals surface area contributed by atoms with Gasteiger partial charge in [0.2, 0.25) is 0 Å². The van der Waals surface area contributed by atoms with Crippen LogP contribution in [0.5, 0.6) is 0 Å². The van der Waals surface area contributed by atoms with E-state index in [9.17, 15) is 31.2 Å². The molecule has 10 aromatic rings. The highest BCUT2D eigenvalue weighted by atomic mass is 32.2. The molecular formula is C67H64N12O8S2. The van der Waals surface area contributed by atoms with Crippen LogP contribution >= 0.6 is 0 Å². The molecule has 20 nitrogen and oxygen atoms in total. The molecule has 0 bridgehead atoms. The van der Waals surface area contributed by atoms with Crippen LogP contribution in [-0.4, -0.2) is 96.7 Å². The van der Waals surface area contributed by atoms with Gasteiger partial charge < -0.3 is 34.4 Å². The van der Waals surface area contributed by atoms with Crippen molar-refractivity contribution in [1.82, 2.24) is 59.2 Å². The Morgan fingerprint density at radius 3 is 1.57 bits per heavy atom. The summed E-state index contributed by atoms with van der Waals surface area (Å²) in [5.41, 5.74) is 10.7. The van der Waals surface area contributed by atoms with E-state index >= 15 is 0 Å². The molecule has 6 aromatic heterocycles. The van der Waals surface area contributed by atoms with E-state index in [4.69, 9.17) is 4.74 Å². The second kappa shape index (κ2) is 25.7. The molecule has 0 unspecified atom stereocenters. The third-order valence-electron chi connectivity index (χ3n) is 14.8. The van der Waals surface area contributed by atoms with Gasteiger partial charge >= 0.3 is 6.09 Å². The van der Waals surface area contributed by atoms with Crippen molar-refractivity contribution in [2.75, 3.05) is 13.1 Å². The SMILES string of the molecule is Cn1ccc(CS(=O)(=O)c2ccc(C(=O)NCc3ccn4ccnc4c3)cc2C#Cc2ccc3c(c2)CCN(C(=O)OC(C)(C)C)C3)n1.Cn1ccc(CS(=O)(=O)c2ccc(C(=O)NCc3ccn4ccnc4c3)cc2C#Cc2ccc3c(c2)CCNC3)n1. The van der Waals surface area contributed by atoms with Crippen LogP contribution in [0.3, 0.4) is 0 Å². The molecule has 452 valence electrons. The quantitative estimate of drug-likeness (QED) is 0.0997. The first-order valence-electron chi connectivity index (χ1n) is 28.7. The third-order valence-corrected chi connectivity index (χ3v) is 18.2. The Morgan fingerprint density at radius 1 is 0.573 bits per heavy atom. The summed E-state index contributed by atoms with van der Waals surface area (Å²) in [7, 11) is -4.19. The van der Waals surface area contributed by atoms with Crippen LogP contribution in [0.4, 0.5) is 4.79 Å². The molecule has 0 fully saturated rings. The monoisotopic (exact) mass is 1230 g/mol. The minimum Gasteiger partial charge on any atom is -0.444 e. The number of pyridine rings is 2. The first-order chi connectivity index (χ1) is 42.7. The van der Waals surface area contributed by atoms with Crippen molar-refractivity contribution in [1.29, 1.82) is 0 Å². The highest BCUT2D eigenvalue weighted by Crippen LogP contribution is 2.26. The minimum atomic E-state index is -3.86. The van der Waals surface area contributed by atoms with Crippen molar-refractivity contribution in [2.45, 2.75) is 86.7 Å². The van der Waals surface area contributed by atoms with E-state index in [0.29, 0.717) is 48.6 Å². The zero-order valence-electron chi connectivity index (χ0n) is 49.7. The Morgan fingerprint density at radius 2 is 1.08 bits per heavy atom. The molecule has 4 aromatic carbocycles. The number of nitrogens with zero attached hydrogens (tertiary/aromatic N) is 9. The van der Waals surface area contributed by atoms with Gasteiger partial charge in [-0.1, -0.05) is 35.8 Å². The van der Waals surface area contributed by atoms with Gasteiger partial charge in [-0.25, -0.2) is 31.6 Å². The van der Waals surface area contributed by atoms with Crippen LogP contribution in [0.1, 0.15) is 109 Å². The predicted octanol–water partition coefficient (Wildman–Crippen LogP) is 7.68. The highest BCUT2D eigenvalue weighted by molar-refractivity contribution is 7.91. The van der Waals surface area contributed by atoms with Gasteiger partial charge in [-0.05, 0) is 171 Å². The molecule has 3 N–H and O–H groups in total. The molecule has 22 heteroatoms. The van der Waals surface area contributed by atoms with Crippen molar-refractivity contribution in [3.8, 4) is 23.7 Å². The molecule has 0 radical (unpaired) electrons. The average Bonchev–Trinajstić information content (AvgIpc) is 2.25. The molecule has 3 amide bonds. The number of carbonyl (C=O) groups is 3. The second-order valence-electron chi connectivity index (χ2n) is 22.8. The zero-order valence-corrected chi connectivity index (χ0v) is 51.3. The van der Waals surface area contributed by atoms with Crippen LogP contribution in [-0.2, 0) is 89.0 Å². The fraction of sp³-hybridized carbons (Fsp3) is 0.239. The number of amides is 3. The van der Waals surface area contributed by atoms with Crippen LogP contribution in [0.25, 0.3) is 11.3 Å². The Labute approximate surface area is 515 Å². The number of nitrogens with one attached hydrogen (secondary N) is 3. The van der Waals surface area contributed by atoms with Crippen molar-refractivity contribution in [3.63, 3.8) is 0 Å². The average molecular weight is 1230 g/mol. The van der Waals surface area contributed by atoms with Gasteiger partial charge in [-0.2, -0.15) is 10.2 Å². The van der Waals surface area contributed by atoms with Gasteiger partial charge in [0.1, 0.15) is 16.9 Å². The number of carbonyl (C=O) groups excluding carboxylic acids is 3. The lowest BCUT2D eigenvalue weighted by molar-refractivity contribution is 0.0223. The van der Waals surface area contributed by atoms with Crippen molar-refractivity contribution in [2.24, 2.45) is 14.1 Å². The second-order valence-corrected chi connectivity index (χ2v) is 26.7. The molecule has 2 aliphatic heterocycles. The molecule has 0 saturated carbocycles. The lowest BCUT2D eigenvalue weighted by Gasteiger charge is -2.31. The van der Waals surface area contributed by atoms with E-state index in [-0.39, 0.29) is 62.4 Å². The number of aryl methyl sites for hydroxylation is 2. The third kappa shape index (κ3) is 15.0. The molecule has 89 heavy (non-hydrogen) atoms. The highest BCUT2D eigenvalue weighted by Gasteiger charge is 2.27. The summed E-state index contributed by atoms with van der Waals surface area (Å²) in [6.45, 7) is 8.77. The van der Waals surface area contributed by atoms with Crippen molar-refractivity contribution >= 4 is 48.9 Å². The summed E-state index contributed by atoms with van der Waals surface area (Å²) in [5, 5.41) is 17.6. The first kappa shape index (κ1) is 60.6. The smallest absolute Gasteiger partial charge is 0.410 e. The van der Waals surface area contributed by atoms with Crippen LogP contribution in [0, 0.1) is 23.7 Å². The Kier molecular flexibility index (Phi) is 17.5. The summed E-state index contributed by atoms with van der Waals surface area (Å²) in [6.07, 6.45) is 15.5. The maximum absolute atomic E-state index is 13.6. The lowest BCUT2D eigenvalue weighted by Crippen LogP contribution is -2.39. The summed E-state index contributed by atoms with van der Waals surface area (Å²) < 4.78 is 66.6. The first-order valence-corrected chi connectivity index (χ1v) is 32.0. The number of fused-ring (bicyclic) bond motifs is 4. The number of hydrogen-bond acceptors (Lipinski definition) is 13. The molecule has 8 heterocycles. The lowest BCUT2D eigenvalue weighted by atomic mass is 9.97. The normalized spacial score (nSPS) is 13.0. The van der Waals surface area contributed by atoms with E-state index < -0.39 is 25.3 Å². The Hall–Kier alpha value is -10.1. The number of hydrogen-bond donors (Lipinski definition) is 3. The van der Waals surface area contributed by atoms with E-state index in [1.807, 2.05) is 103 Å². The van der Waals surface area contributed by atoms with Gasteiger partial charge in [0.15, 0.2) is 19.7 Å². The number of rotatable bonds is 12. The standard InChI is InChI=1S/C36H36N6O5S.C31H28N6O3S/c1-36(2,3)47-35(44)42-17-12-27-19-25(6-8-30(27)23-42)5-7-28-21-29(9-10-32(28)48(45,46)24-31-13-15-40(4)39-31)34(43)38-22-26-11-16-41-18-14-37-33(41)20-26;1-36-13-10-28(35-36)21-41(39,40)29-7-6-26(31(38)34-19-23-9-14-37-15-12-33-30(37)17-23)18-25(29)4-2-22-3-5-27-20-32-11-8-24(27)16-22/h6,8-11,13-16,18-21H,12,17,22-24H2,1-4H3,(H,38,43);3,5-7,9-10,12-18,32H,8,11,19-21H2,1H3,(H,34,38). The summed E-state index contributed by atoms with van der Waals surface area (Å²) in [6, 6.07) is 31.7. The summed E-state index contributed by atoms with van der Waals surface area (Å²) in [5.74, 6) is 11.1. The number of aromatic nitrogens is 8. The number of imidazole rings is 2. The van der Waals surface area contributed by atoms with Gasteiger partial charge in [0, 0.05) is 130 Å². The van der Waals surface area contributed by atoms with E-state index in [0.717, 1.165) is 58.6 Å².